The fourth-order valence-electron chi connectivity index (χ4n) is 1.41. The number of unbranched alkanes of at least 4 members (excludes halogenated alkanes) is 2. The summed E-state index contributed by atoms with van der Waals surface area (Å²) in [4.78, 5) is 0. The highest BCUT2D eigenvalue weighted by Gasteiger charge is 2.18. The van der Waals surface area contributed by atoms with Crippen LogP contribution in [0.25, 0.3) is 0 Å². The Bertz CT molecular complexity index is 383. The Morgan fingerprint density at radius 3 is 2.62 bits per heavy atom. The van der Waals surface area contributed by atoms with Gasteiger partial charge in [-0.3, -0.25) is 4.55 Å². The van der Waals surface area contributed by atoms with Crippen molar-refractivity contribution in [3.63, 3.8) is 0 Å². The van der Waals surface area contributed by atoms with Crippen LogP contribution in [0.1, 0.15) is 31.2 Å². The molecule has 0 amide bonds. The molecule has 2 N–H and O–H groups in total. The van der Waals surface area contributed by atoms with Crippen LogP contribution >= 0.6 is 11.3 Å². The topological polar surface area (TPSA) is 74.6 Å². The number of rotatable bonds is 7. The molecule has 1 unspecified atom stereocenters. The van der Waals surface area contributed by atoms with E-state index in [1.165, 1.54) is 5.56 Å². The van der Waals surface area contributed by atoms with Crippen molar-refractivity contribution < 1.29 is 18.1 Å². The summed E-state index contributed by atoms with van der Waals surface area (Å²) in [6.07, 6.45) is 3.50. The van der Waals surface area contributed by atoms with Gasteiger partial charge in [0.1, 0.15) is 0 Å². The van der Waals surface area contributed by atoms with Crippen molar-refractivity contribution in [1.29, 1.82) is 0 Å². The molecule has 92 valence electrons. The highest BCUT2D eigenvalue weighted by atomic mass is 32.2. The Labute approximate surface area is 99.7 Å². The van der Waals surface area contributed by atoms with Crippen LogP contribution in [0.5, 0.6) is 0 Å². The summed E-state index contributed by atoms with van der Waals surface area (Å²) in [6.45, 7) is 0. The highest BCUT2D eigenvalue weighted by Crippen LogP contribution is 2.12. The van der Waals surface area contributed by atoms with Crippen molar-refractivity contribution >= 4 is 21.5 Å². The predicted molar refractivity (Wildman–Crippen MR) is 64.0 cm³/mol. The van der Waals surface area contributed by atoms with Gasteiger partial charge in [-0.1, -0.05) is 6.42 Å². The van der Waals surface area contributed by atoms with Crippen molar-refractivity contribution in [3.8, 4) is 0 Å². The standard InChI is InChI=1S/C10H16O4S2/c11-10(16(12,13)14)5-3-1-2-4-9-6-7-15-8-9/h6-8,10-11H,1-5H2,(H,12,13,14). The first-order chi connectivity index (χ1) is 7.50. The van der Waals surface area contributed by atoms with Gasteiger partial charge in [0.25, 0.3) is 10.1 Å². The normalized spacial score (nSPS) is 13.9. The van der Waals surface area contributed by atoms with Crippen LogP contribution in [0.4, 0.5) is 0 Å². The molecule has 1 heterocycles. The molecule has 4 nitrogen and oxygen atoms in total. The third-order valence-corrected chi connectivity index (χ3v) is 4.00. The number of hydrogen-bond acceptors (Lipinski definition) is 4. The quantitative estimate of drug-likeness (QED) is 0.584. The van der Waals surface area contributed by atoms with E-state index >= 15 is 0 Å². The van der Waals surface area contributed by atoms with Gasteiger partial charge in [-0.15, -0.1) is 0 Å². The third-order valence-electron chi connectivity index (χ3n) is 2.34. The Kier molecular flexibility index (Phi) is 5.40. The average Bonchev–Trinajstić information content (AvgIpc) is 2.68. The molecule has 0 aliphatic heterocycles. The van der Waals surface area contributed by atoms with E-state index in [4.69, 9.17) is 9.66 Å². The lowest BCUT2D eigenvalue weighted by molar-refractivity contribution is 0.219. The molecule has 1 atom stereocenters. The van der Waals surface area contributed by atoms with Gasteiger partial charge in [0, 0.05) is 0 Å². The number of thiophene rings is 1. The summed E-state index contributed by atoms with van der Waals surface area (Å²) in [5.74, 6) is 0. The molecule has 0 saturated carbocycles. The van der Waals surface area contributed by atoms with E-state index in [1.54, 1.807) is 11.3 Å². The molecule has 0 bridgehead atoms. The van der Waals surface area contributed by atoms with Crippen molar-refractivity contribution in [2.75, 3.05) is 0 Å². The first kappa shape index (κ1) is 13.6. The first-order valence-corrected chi connectivity index (χ1v) is 7.60. The molecule has 1 rings (SSSR count). The van der Waals surface area contributed by atoms with Crippen molar-refractivity contribution in [3.05, 3.63) is 22.4 Å². The van der Waals surface area contributed by atoms with Crippen molar-refractivity contribution in [2.24, 2.45) is 0 Å². The van der Waals surface area contributed by atoms with E-state index in [0.29, 0.717) is 6.42 Å². The van der Waals surface area contributed by atoms with Crippen LogP contribution in [-0.2, 0) is 16.5 Å². The lowest BCUT2D eigenvalue weighted by Gasteiger charge is -2.06. The Hall–Kier alpha value is -0.430. The fourth-order valence-corrected chi connectivity index (χ4v) is 2.58. The van der Waals surface area contributed by atoms with E-state index in [-0.39, 0.29) is 6.42 Å². The summed E-state index contributed by atoms with van der Waals surface area (Å²) in [5.41, 5.74) is -0.339. The van der Waals surface area contributed by atoms with Gasteiger partial charge in [0.05, 0.1) is 0 Å². The van der Waals surface area contributed by atoms with Gasteiger partial charge in [0.15, 0.2) is 5.44 Å². The number of aliphatic hydroxyl groups is 1. The molecular weight excluding hydrogens is 248 g/mol. The largest absolute Gasteiger partial charge is 0.375 e. The van der Waals surface area contributed by atoms with Gasteiger partial charge < -0.3 is 5.11 Å². The maximum absolute atomic E-state index is 10.5. The minimum atomic E-state index is -4.28. The molecule has 0 fully saturated rings. The highest BCUT2D eigenvalue weighted by molar-refractivity contribution is 7.86. The second kappa shape index (κ2) is 6.34. The molecule has 6 heteroatoms. The molecule has 1 aromatic rings. The van der Waals surface area contributed by atoms with Crippen LogP contribution in [0.2, 0.25) is 0 Å². The smallest absolute Gasteiger partial charge is 0.291 e. The molecule has 0 aliphatic carbocycles. The second-order valence-corrected chi connectivity index (χ2v) is 6.05. The van der Waals surface area contributed by atoms with E-state index in [1.807, 2.05) is 5.38 Å². The van der Waals surface area contributed by atoms with Crippen LogP contribution in [0.15, 0.2) is 16.8 Å². The second-order valence-electron chi connectivity index (χ2n) is 3.70. The molecule has 0 spiro atoms. The maximum Gasteiger partial charge on any atom is 0.291 e. The summed E-state index contributed by atoms with van der Waals surface area (Å²) < 4.78 is 29.5. The first-order valence-electron chi connectivity index (χ1n) is 5.15. The average molecular weight is 264 g/mol. The summed E-state index contributed by atoms with van der Waals surface area (Å²) in [5, 5.41) is 13.1. The maximum atomic E-state index is 10.5. The minimum Gasteiger partial charge on any atom is -0.375 e. The molecule has 0 aromatic carbocycles. The number of hydrogen-bond donors (Lipinski definition) is 2. The van der Waals surface area contributed by atoms with Crippen LogP contribution in [0.3, 0.4) is 0 Å². The summed E-state index contributed by atoms with van der Waals surface area (Å²) in [6, 6.07) is 2.07. The zero-order chi connectivity index (χ0) is 12.0. The van der Waals surface area contributed by atoms with Gasteiger partial charge in [-0.25, -0.2) is 0 Å². The molecular formula is C10H16O4S2. The lowest BCUT2D eigenvalue weighted by atomic mass is 10.1. The van der Waals surface area contributed by atoms with Gasteiger partial charge in [-0.2, -0.15) is 19.8 Å². The number of aliphatic hydroxyl groups excluding tert-OH is 1. The fraction of sp³-hybridized carbons (Fsp3) is 0.600. The minimum absolute atomic E-state index is 0.0997. The Balaban J connectivity index is 2.09. The van der Waals surface area contributed by atoms with Gasteiger partial charge in [-0.05, 0) is 48.1 Å². The van der Waals surface area contributed by atoms with E-state index < -0.39 is 15.6 Å². The number of aryl methyl sites for hydroxylation is 1. The van der Waals surface area contributed by atoms with E-state index in [2.05, 4.69) is 11.4 Å². The molecule has 1 aromatic heterocycles. The van der Waals surface area contributed by atoms with E-state index in [0.717, 1.165) is 19.3 Å². The van der Waals surface area contributed by atoms with Gasteiger partial charge in [0.2, 0.25) is 0 Å². The SMILES string of the molecule is O=S(=O)(O)C(O)CCCCCc1ccsc1. The van der Waals surface area contributed by atoms with Crippen LogP contribution in [-0.4, -0.2) is 23.5 Å². The molecule has 0 aliphatic rings. The third kappa shape index (κ3) is 5.07. The Morgan fingerprint density at radius 1 is 1.31 bits per heavy atom. The van der Waals surface area contributed by atoms with Gasteiger partial charge >= 0.3 is 0 Å². The predicted octanol–water partition coefficient (Wildman–Crippen LogP) is 2.06. The van der Waals surface area contributed by atoms with E-state index in [9.17, 15) is 8.42 Å². The molecule has 0 saturated heterocycles. The lowest BCUT2D eigenvalue weighted by Crippen LogP contribution is -2.19. The zero-order valence-corrected chi connectivity index (χ0v) is 10.5. The van der Waals surface area contributed by atoms with Crippen molar-refractivity contribution in [2.45, 2.75) is 37.5 Å². The Morgan fingerprint density at radius 2 is 2.06 bits per heavy atom. The van der Waals surface area contributed by atoms with Crippen LogP contribution < -0.4 is 0 Å². The summed E-state index contributed by atoms with van der Waals surface area (Å²) in [7, 11) is -4.28. The van der Waals surface area contributed by atoms with Crippen LogP contribution in [0, 0.1) is 0 Å². The zero-order valence-electron chi connectivity index (χ0n) is 8.87. The summed E-state index contributed by atoms with van der Waals surface area (Å²) >= 11 is 1.66. The molecule has 0 radical (unpaired) electrons. The monoisotopic (exact) mass is 264 g/mol. The van der Waals surface area contributed by atoms with Crippen molar-refractivity contribution in [1.82, 2.24) is 0 Å². The molecule has 16 heavy (non-hydrogen) atoms.